The highest BCUT2D eigenvalue weighted by Crippen LogP contribution is 2.46. The number of likely N-dealkylation sites (tertiary alicyclic amines) is 1. The van der Waals surface area contributed by atoms with Crippen LogP contribution in [0.2, 0.25) is 5.15 Å². The summed E-state index contributed by atoms with van der Waals surface area (Å²) in [6, 6.07) is 9.32. The highest BCUT2D eigenvalue weighted by molar-refractivity contribution is 7.85. The van der Waals surface area contributed by atoms with E-state index in [9.17, 15) is 8.42 Å². The molecule has 2 aromatic rings. The van der Waals surface area contributed by atoms with Crippen LogP contribution in [0.25, 0.3) is 10.9 Å². The van der Waals surface area contributed by atoms with Gasteiger partial charge in [-0.15, -0.1) is 0 Å². The second kappa shape index (κ2) is 7.20. The maximum absolute atomic E-state index is 9.19. The zero-order valence-electron chi connectivity index (χ0n) is 14.7. The van der Waals surface area contributed by atoms with Crippen LogP contribution < -0.4 is 0 Å². The third-order valence-corrected chi connectivity index (χ3v) is 5.59. The lowest BCUT2D eigenvalue weighted by molar-refractivity contribution is 0.113. The van der Waals surface area contributed by atoms with E-state index in [1.807, 2.05) is 0 Å². The lowest BCUT2D eigenvalue weighted by atomic mass is 9.72. The zero-order chi connectivity index (χ0) is 19.1. The number of nitrogens with zero attached hydrogens (tertiary/aromatic N) is 2. The van der Waals surface area contributed by atoms with Crippen molar-refractivity contribution in [1.82, 2.24) is 9.88 Å². The summed E-state index contributed by atoms with van der Waals surface area (Å²) in [7, 11) is -1.48. The summed E-state index contributed by atoms with van der Waals surface area (Å²) in [5.41, 5.74) is 3.83. The Balaban J connectivity index is 0.000000349. The van der Waals surface area contributed by atoms with Crippen LogP contribution in [0, 0.1) is 17.2 Å². The summed E-state index contributed by atoms with van der Waals surface area (Å²) >= 11 is 6.41. The van der Waals surface area contributed by atoms with Crippen LogP contribution in [0.1, 0.15) is 29.9 Å². The van der Waals surface area contributed by atoms with Crippen LogP contribution in [0.3, 0.4) is 0 Å². The molecule has 1 aromatic heterocycles. The molecule has 1 saturated heterocycles. The van der Waals surface area contributed by atoms with Crippen LogP contribution in [0.4, 0.5) is 0 Å². The minimum Gasteiger partial charge on any atom is -0.345 e. The van der Waals surface area contributed by atoms with Gasteiger partial charge >= 0.3 is 0 Å². The number of hydrogen-bond donors (Lipinski definition) is 2. The van der Waals surface area contributed by atoms with Gasteiger partial charge in [-0.05, 0) is 43.0 Å². The number of nitrogens with one attached hydrogen (secondary N) is 1. The van der Waals surface area contributed by atoms with Crippen molar-refractivity contribution in [1.29, 1.82) is 5.26 Å². The minimum absolute atomic E-state index is 0.479. The van der Waals surface area contributed by atoms with E-state index < -0.39 is 10.1 Å². The van der Waals surface area contributed by atoms with Crippen molar-refractivity contribution < 1.29 is 13.0 Å². The van der Waals surface area contributed by atoms with Crippen molar-refractivity contribution in [2.45, 2.75) is 31.2 Å². The number of aromatic nitrogens is 1. The highest BCUT2D eigenvalue weighted by Gasteiger charge is 2.39. The summed E-state index contributed by atoms with van der Waals surface area (Å²) < 4.78 is 25.9. The number of fused-ring (bicyclic) bond motifs is 2. The second-order valence-electron chi connectivity index (χ2n) is 7.20. The quantitative estimate of drug-likeness (QED) is 0.722. The van der Waals surface area contributed by atoms with Crippen LogP contribution >= 0.6 is 11.6 Å². The first-order chi connectivity index (χ1) is 12.2. The van der Waals surface area contributed by atoms with Gasteiger partial charge in [-0.2, -0.15) is 13.7 Å². The lowest BCUT2D eigenvalue weighted by Crippen LogP contribution is -2.47. The Bertz CT molecular complexity index is 956. The Hall–Kier alpha value is -1.59. The van der Waals surface area contributed by atoms with Crippen molar-refractivity contribution in [3.8, 4) is 6.07 Å². The van der Waals surface area contributed by atoms with Crippen LogP contribution in [-0.2, 0) is 16.5 Å². The van der Waals surface area contributed by atoms with Gasteiger partial charge in [0.25, 0.3) is 10.1 Å². The Kier molecular flexibility index (Phi) is 5.31. The third kappa shape index (κ3) is 3.89. The zero-order valence-corrected chi connectivity index (χ0v) is 16.3. The molecule has 2 heterocycles. The molecule has 1 unspecified atom stereocenters. The lowest BCUT2D eigenvalue weighted by Gasteiger charge is -2.45. The highest BCUT2D eigenvalue weighted by atomic mass is 35.5. The van der Waals surface area contributed by atoms with E-state index in [4.69, 9.17) is 21.4 Å². The van der Waals surface area contributed by atoms with Gasteiger partial charge < -0.3 is 9.88 Å². The predicted octanol–water partition coefficient (Wildman–Crippen LogP) is 3.20. The maximum Gasteiger partial charge on any atom is 0.261 e. The Morgan fingerprint density at radius 2 is 2.15 bits per heavy atom. The predicted molar refractivity (Wildman–Crippen MR) is 102 cm³/mol. The molecule has 0 saturated carbocycles. The molecular weight excluding hydrogens is 374 g/mol. The van der Waals surface area contributed by atoms with Gasteiger partial charge in [-0.25, -0.2) is 0 Å². The molecule has 0 radical (unpaired) electrons. The Morgan fingerprint density at radius 1 is 1.46 bits per heavy atom. The normalized spacial score (nSPS) is 25.1. The summed E-state index contributed by atoms with van der Waals surface area (Å²) in [5.74, 6) is 0.998. The average molecular weight is 396 g/mol. The number of hydrogen-bond acceptors (Lipinski definition) is 4. The van der Waals surface area contributed by atoms with Crippen molar-refractivity contribution in [2.75, 3.05) is 19.8 Å². The topological polar surface area (TPSA) is 97.2 Å². The molecule has 2 aliphatic rings. The van der Waals surface area contributed by atoms with Gasteiger partial charge in [0, 0.05) is 35.8 Å². The van der Waals surface area contributed by atoms with E-state index in [0.717, 1.165) is 30.1 Å². The van der Waals surface area contributed by atoms with Gasteiger partial charge in [0.15, 0.2) is 0 Å². The molecule has 0 amide bonds. The average Bonchev–Trinajstić information content (AvgIpc) is 2.85. The molecule has 26 heavy (non-hydrogen) atoms. The van der Waals surface area contributed by atoms with E-state index in [0.29, 0.717) is 30.6 Å². The number of nitriles is 1. The molecule has 140 valence electrons. The molecule has 1 aliphatic carbocycles. The molecule has 3 atom stereocenters. The monoisotopic (exact) mass is 395 g/mol. The first kappa shape index (κ1) is 19.2. The third-order valence-electron chi connectivity index (χ3n) is 5.26. The summed E-state index contributed by atoms with van der Waals surface area (Å²) in [6.45, 7) is 1.02. The van der Waals surface area contributed by atoms with Gasteiger partial charge in [-0.1, -0.05) is 23.7 Å². The summed E-state index contributed by atoms with van der Waals surface area (Å²) in [5, 5.41) is 11.1. The first-order valence-electron chi connectivity index (χ1n) is 8.47. The fraction of sp³-hybridized carbons (Fsp3) is 0.500. The molecule has 2 N–H and O–H groups in total. The molecule has 1 aliphatic heterocycles. The smallest absolute Gasteiger partial charge is 0.261 e. The Labute approximate surface area is 158 Å². The number of rotatable bonds is 1. The number of likely N-dealkylation sites (N-methyl/N-ethyl adjacent to an activating group) is 1. The SMILES string of the molecule is CN1CC(CC#N)C[C@@H]2c3cccc4[nH]c(Cl)c(c34)C[C@H]21.CS(=O)(=O)O. The molecule has 1 aromatic carbocycles. The van der Waals surface area contributed by atoms with Gasteiger partial charge in [0.1, 0.15) is 5.15 Å². The summed E-state index contributed by atoms with van der Waals surface area (Å²) in [6.07, 6.45) is 3.50. The fourth-order valence-electron chi connectivity index (χ4n) is 4.37. The molecule has 6 nitrogen and oxygen atoms in total. The number of benzene rings is 1. The second-order valence-corrected chi connectivity index (χ2v) is 9.05. The number of halogens is 1. The molecule has 0 bridgehead atoms. The van der Waals surface area contributed by atoms with Crippen molar-refractivity contribution in [2.24, 2.45) is 5.92 Å². The fourth-order valence-corrected chi connectivity index (χ4v) is 4.65. The van der Waals surface area contributed by atoms with Crippen molar-refractivity contribution in [3.05, 3.63) is 34.5 Å². The van der Waals surface area contributed by atoms with Crippen LogP contribution in [0.15, 0.2) is 18.2 Å². The Morgan fingerprint density at radius 3 is 2.81 bits per heavy atom. The molecule has 8 heteroatoms. The van der Waals surface area contributed by atoms with Crippen molar-refractivity contribution in [3.63, 3.8) is 0 Å². The van der Waals surface area contributed by atoms with Gasteiger partial charge in [-0.3, -0.25) is 4.55 Å². The largest absolute Gasteiger partial charge is 0.345 e. The molecule has 1 fully saturated rings. The van der Waals surface area contributed by atoms with E-state index in [2.05, 4.69) is 41.2 Å². The van der Waals surface area contributed by atoms with Gasteiger partial charge in [0.2, 0.25) is 0 Å². The minimum atomic E-state index is -3.67. The number of H-pyrrole nitrogens is 1. The first-order valence-corrected chi connectivity index (χ1v) is 10.7. The molecule has 0 spiro atoms. The standard InChI is InChI=1S/C17H18ClN3.CH4O3S/c1-21-9-10(5-6-19)7-12-11-3-2-4-14-16(11)13(8-15(12)21)17(18)20-14;1-5(2,3)4/h2-4,10,12,15,20H,5,7-9H2,1H3;1H3,(H,2,3,4)/t10?,12-,15-;/m1./s1. The molecular formula is C18H22ClN3O3S. The van der Waals surface area contributed by atoms with E-state index in [1.165, 1.54) is 16.5 Å². The number of aromatic amines is 1. The maximum atomic E-state index is 9.19. The van der Waals surface area contributed by atoms with Crippen molar-refractivity contribution >= 4 is 32.6 Å². The van der Waals surface area contributed by atoms with Crippen LogP contribution in [-0.4, -0.2) is 48.7 Å². The van der Waals surface area contributed by atoms with E-state index >= 15 is 0 Å². The summed E-state index contributed by atoms with van der Waals surface area (Å²) in [4.78, 5) is 5.75. The van der Waals surface area contributed by atoms with E-state index in [-0.39, 0.29) is 0 Å². The van der Waals surface area contributed by atoms with E-state index in [1.54, 1.807) is 0 Å². The van der Waals surface area contributed by atoms with Crippen LogP contribution in [0.5, 0.6) is 0 Å². The van der Waals surface area contributed by atoms with Gasteiger partial charge in [0.05, 0.1) is 12.3 Å². The number of piperidine rings is 1. The molecule has 4 rings (SSSR count).